The molecule has 4 fully saturated rings. The van der Waals surface area contributed by atoms with Gasteiger partial charge in [-0.1, -0.05) is 44.2 Å². The minimum atomic E-state index is -0.158. The molecule has 0 radical (unpaired) electrons. The molecule has 0 N–H and O–H groups in total. The van der Waals surface area contributed by atoms with Gasteiger partial charge in [0.15, 0.2) is 6.29 Å². The van der Waals surface area contributed by atoms with Crippen molar-refractivity contribution in [3.05, 3.63) is 35.9 Å². The van der Waals surface area contributed by atoms with Crippen LogP contribution in [-0.2, 0) is 9.47 Å². The lowest BCUT2D eigenvalue weighted by atomic mass is 9.44. The Labute approximate surface area is 115 Å². The number of rotatable bonds is 1. The van der Waals surface area contributed by atoms with Gasteiger partial charge < -0.3 is 9.47 Å². The molecule has 1 aromatic rings. The van der Waals surface area contributed by atoms with Gasteiger partial charge in [0.25, 0.3) is 0 Å². The summed E-state index contributed by atoms with van der Waals surface area (Å²) in [5.41, 5.74) is 1.57. The van der Waals surface area contributed by atoms with E-state index in [0.29, 0.717) is 11.3 Å². The van der Waals surface area contributed by atoms with Gasteiger partial charge in [0, 0.05) is 5.56 Å². The summed E-state index contributed by atoms with van der Waals surface area (Å²) in [7, 11) is 0. The monoisotopic (exact) mass is 258 g/mol. The summed E-state index contributed by atoms with van der Waals surface area (Å²) in [5.74, 6) is 1.58. The zero-order valence-corrected chi connectivity index (χ0v) is 11.8. The van der Waals surface area contributed by atoms with Crippen molar-refractivity contribution < 1.29 is 9.47 Å². The van der Waals surface area contributed by atoms with E-state index in [4.69, 9.17) is 9.47 Å². The van der Waals surface area contributed by atoms with E-state index in [9.17, 15) is 0 Å². The maximum Gasteiger partial charge on any atom is 0.184 e. The van der Waals surface area contributed by atoms with E-state index in [1.165, 1.54) is 19.3 Å². The highest BCUT2D eigenvalue weighted by Crippen LogP contribution is 2.65. The molecule has 1 unspecified atom stereocenters. The summed E-state index contributed by atoms with van der Waals surface area (Å²) in [6.45, 7) is 5.59. The Morgan fingerprint density at radius 3 is 2.63 bits per heavy atom. The Hall–Kier alpha value is -0.860. The molecule has 1 spiro atoms. The smallest absolute Gasteiger partial charge is 0.184 e. The molecule has 2 heteroatoms. The van der Waals surface area contributed by atoms with Gasteiger partial charge in [-0.05, 0) is 36.5 Å². The van der Waals surface area contributed by atoms with Crippen LogP contribution in [0, 0.1) is 17.3 Å². The van der Waals surface area contributed by atoms with E-state index in [2.05, 4.69) is 38.1 Å². The molecule has 0 aromatic heterocycles. The molecular formula is C17H22O2. The fourth-order valence-corrected chi connectivity index (χ4v) is 4.58. The molecule has 3 aliphatic carbocycles. The molecule has 0 amide bonds. The quantitative estimate of drug-likeness (QED) is 0.760. The molecule has 19 heavy (non-hydrogen) atoms. The lowest BCUT2D eigenvalue weighted by Gasteiger charge is -2.63. The SMILES string of the molecule is CC1(C)[C@H]2CC[C@@]3(COC(c4ccccc4)O3)[C@@H]1C2. The van der Waals surface area contributed by atoms with Crippen LogP contribution in [0.4, 0.5) is 0 Å². The van der Waals surface area contributed by atoms with Gasteiger partial charge in [-0.3, -0.25) is 0 Å². The second-order valence-electron chi connectivity index (χ2n) is 7.08. The van der Waals surface area contributed by atoms with Crippen molar-refractivity contribution in [2.45, 2.75) is 45.0 Å². The van der Waals surface area contributed by atoms with Gasteiger partial charge >= 0.3 is 0 Å². The first kappa shape index (κ1) is 11.9. The Morgan fingerprint density at radius 1 is 1.16 bits per heavy atom. The second-order valence-corrected chi connectivity index (χ2v) is 7.08. The Kier molecular flexibility index (Phi) is 2.40. The summed E-state index contributed by atoms with van der Waals surface area (Å²) in [4.78, 5) is 0. The summed E-state index contributed by atoms with van der Waals surface area (Å²) in [6, 6.07) is 10.3. The lowest BCUT2D eigenvalue weighted by Crippen LogP contribution is -2.62. The molecule has 2 nitrogen and oxygen atoms in total. The highest BCUT2D eigenvalue weighted by Gasteiger charge is 2.64. The lowest BCUT2D eigenvalue weighted by molar-refractivity contribution is -0.218. The fourth-order valence-electron chi connectivity index (χ4n) is 4.58. The molecule has 102 valence electrons. The van der Waals surface area contributed by atoms with Crippen LogP contribution in [0.25, 0.3) is 0 Å². The van der Waals surface area contributed by atoms with Gasteiger partial charge in [-0.25, -0.2) is 0 Å². The Bertz CT molecular complexity index is 479. The molecule has 1 saturated heterocycles. The number of ether oxygens (including phenoxy) is 2. The van der Waals surface area contributed by atoms with E-state index in [-0.39, 0.29) is 11.9 Å². The topological polar surface area (TPSA) is 18.5 Å². The average Bonchev–Trinajstić information content (AvgIpc) is 2.83. The number of benzene rings is 1. The van der Waals surface area contributed by atoms with Gasteiger partial charge in [0.1, 0.15) is 0 Å². The molecule has 3 saturated carbocycles. The number of hydrogen-bond donors (Lipinski definition) is 0. The normalized spacial score (nSPS) is 43.2. The largest absolute Gasteiger partial charge is 0.345 e. The summed E-state index contributed by atoms with van der Waals surface area (Å²) < 4.78 is 12.4. The zero-order valence-electron chi connectivity index (χ0n) is 11.8. The summed E-state index contributed by atoms with van der Waals surface area (Å²) in [5, 5.41) is 0. The zero-order chi connectivity index (χ0) is 13.1. The maximum absolute atomic E-state index is 6.44. The molecular weight excluding hydrogens is 236 g/mol. The molecule has 4 atom stereocenters. The number of fused-ring (bicyclic) bond motifs is 1. The van der Waals surface area contributed by atoms with Crippen molar-refractivity contribution in [2.75, 3.05) is 6.61 Å². The van der Waals surface area contributed by atoms with Crippen molar-refractivity contribution in [1.29, 1.82) is 0 Å². The van der Waals surface area contributed by atoms with Crippen LogP contribution < -0.4 is 0 Å². The summed E-state index contributed by atoms with van der Waals surface area (Å²) >= 11 is 0. The first-order chi connectivity index (χ1) is 9.12. The van der Waals surface area contributed by atoms with Gasteiger partial charge in [-0.15, -0.1) is 0 Å². The highest BCUT2D eigenvalue weighted by molar-refractivity contribution is 5.19. The third-order valence-corrected chi connectivity index (χ3v) is 5.91. The van der Waals surface area contributed by atoms with Crippen molar-refractivity contribution in [2.24, 2.45) is 17.3 Å². The van der Waals surface area contributed by atoms with Crippen molar-refractivity contribution in [3.8, 4) is 0 Å². The third-order valence-electron chi connectivity index (χ3n) is 5.91. The van der Waals surface area contributed by atoms with Crippen LogP contribution in [0.3, 0.4) is 0 Å². The standard InChI is InChI=1S/C17H22O2/c1-16(2)13-8-9-17(14(16)10-13)11-18-15(19-17)12-6-4-3-5-7-12/h3-7,13-15H,8-11H2,1-2H3/t13-,14+,15?,17+/m0/s1. The third kappa shape index (κ3) is 1.56. The average molecular weight is 258 g/mol. The first-order valence-electron chi connectivity index (χ1n) is 7.46. The van der Waals surface area contributed by atoms with Gasteiger partial charge in [0.2, 0.25) is 0 Å². The minimum absolute atomic E-state index is 0.0151. The van der Waals surface area contributed by atoms with Crippen molar-refractivity contribution >= 4 is 0 Å². The Balaban J connectivity index is 1.59. The van der Waals surface area contributed by atoms with Crippen molar-refractivity contribution in [3.63, 3.8) is 0 Å². The maximum atomic E-state index is 6.44. The van der Waals surface area contributed by atoms with Crippen LogP contribution in [0.5, 0.6) is 0 Å². The molecule has 2 bridgehead atoms. The molecule has 4 aliphatic rings. The van der Waals surface area contributed by atoms with E-state index >= 15 is 0 Å². The van der Waals surface area contributed by atoms with E-state index < -0.39 is 0 Å². The fraction of sp³-hybridized carbons (Fsp3) is 0.647. The minimum Gasteiger partial charge on any atom is -0.345 e. The van der Waals surface area contributed by atoms with Crippen molar-refractivity contribution in [1.82, 2.24) is 0 Å². The van der Waals surface area contributed by atoms with Crippen LogP contribution in [0.2, 0.25) is 0 Å². The molecule has 1 heterocycles. The first-order valence-corrected chi connectivity index (χ1v) is 7.46. The predicted molar refractivity (Wildman–Crippen MR) is 73.6 cm³/mol. The van der Waals surface area contributed by atoms with E-state index in [1.54, 1.807) is 0 Å². The van der Waals surface area contributed by atoms with Crippen LogP contribution in [0.1, 0.15) is 45.0 Å². The Morgan fingerprint density at radius 2 is 1.95 bits per heavy atom. The van der Waals surface area contributed by atoms with Crippen LogP contribution >= 0.6 is 0 Å². The second kappa shape index (κ2) is 3.83. The molecule has 5 rings (SSSR count). The van der Waals surface area contributed by atoms with E-state index in [0.717, 1.165) is 18.1 Å². The number of hydrogen-bond acceptors (Lipinski definition) is 2. The van der Waals surface area contributed by atoms with Gasteiger partial charge in [-0.2, -0.15) is 0 Å². The van der Waals surface area contributed by atoms with Crippen LogP contribution in [-0.4, -0.2) is 12.2 Å². The highest BCUT2D eigenvalue weighted by atomic mass is 16.7. The van der Waals surface area contributed by atoms with Gasteiger partial charge in [0.05, 0.1) is 12.2 Å². The van der Waals surface area contributed by atoms with E-state index in [1.807, 2.05) is 6.07 Å². The molecule has 1 aromatic carbocycles. The predicted octanol–water partition coefficient (Wildman–Crippen LogP) is 3.93. The van der Waals surface area contributed by atoms with Crippen LogP contribution in [0.15, 0.2) is 30.3 Å². The molecule has 1 aliphatic heterocycles. The summed E-state index contributed by atoms with van der Waals surface area (Å²) in [6.07, 6.45) is 3.65.